The van der Waals surface area contributed by atoms with Crippen molar-refractivity contribution >= 4 is 17.9 Å². The molecule has 1 atom stereocenters. The Hall–Kier alpha value is -1.85. The SMILES string of the molecule is CCCCCC/C=C\CCCCCCCC(=O)OC(COC(=O)CCCCCCC)COC(=O)CCCCCCCCCCCCCCCCCCCCCCCCCCC. The summed E-state index contributed by atoms with van der Waals surface area (Å²) in [7, 11) is 0. The molecule has 360 valence electrons. The summed E-state index contributed by atoms with van der Waals surface area (Å²) in [6.45, 7) is 6.57. The second-order valence-electron chi connectivity index (χ2n) is 18.5. The minimum absolute atomic E-state index is 0.0695. The molecule has 61 heavy (non-hydrogen) atoms. The van der Waals surface area contributed by atoms with Crippen molar-refractivity contribution in [2.24, 2.45) is 0 Å². The molecule has 0 aromatic carbocycles. The van der Waals surface area contributed by atoms with Gasteiger partial charge in [-0.05, 0) is 44.9 Å². The number of unbranched alkanes of at least 4 members (excludes halogenated alkanes) is 37. The van der Waals surface area contributed by atoms with Crippen LogP contribution in [0.5, 0.6) is 0 Å². The predicted molar refractivity (Wildman–Crippen MR) is 261 cm³/mol. The first-order valence-electron chi connectivity index (χ1n) is 27.2. The first kappa shape index (κ1) is 59.1. The number of hydrogen-bond acceptors (Lipinski definition) is 6. The molecule has 0 aliphatic heterocycles. The average Bonchev–Trinajstić information content (AvgIpc) is 3.26. The van der Waals surface area contributed by atoms with Gasteiger partial charge in [0.25, 0.3) is 0 Å². The normalized spacial score (nSPS) is 12.0. The van der Waals surface area contributed by atoms with Crippen molar-refractivity contribution in [3.05, 3.63) is 12.2 Å². The van der Waals surface area contributed by atoms with Crippen molar-refractivity contribution in [2.75, 3.05) is 13.2 Å². The first-order chi connectivity index (χ1) is 30.0. The van der Waals surface area contributed by atoms with Crippen LogP contribution in [0.1, 0.15) is 303 Å². The monoisotopic (exact) mass is 861 g/mol. The highest BCUT2D eigenvalue weighted by Gasteiger charge is 2.19. The third-order valence-electron chi connectivity index (χ3n) is 12.3. The van der Waals surface area contributed by atoms with E-state index in [2.05, 4.69) is 32.9 Å². The van der Waals surface area contributed by atoms with Gasteiger partial charge < -0.3 is 14.2 Å². The van der Waals surface area contributed by atoms with Crippen molar-refractivity contribution in [1.82, 2.24) is 0 Å². The van der Waals surface area contributed by atoms with Crippen molar-refractivity contribution in [2.45, 2.75) is 309 Å². The smallest absolute Gasteiger partial charge is 0.306 e. The minimum Gasteiger partial charge on any atom is -0.462 e. The fraction of sp³-hybridized carbons (Fsp3) is 0.909. The van der Waals surface area contributed by atoms with Crippen LogP contribution in [-0.2, 0) is 28.6 Å². The molecule has 0 radical (unpaired) electrons. The standard InChI is InChI=1S/C55H104O6/c1-4-7-10-13-15-17-19-21-22-23-24-25-26-27-28-29-30-31-32-34-35-37-39-42-45-48-54(57)60-51-52(50-59-53(56)47-44-41-12-9-6-3)61-55(58)49-46-43-40-38-36-33-20-18-16-14-11-8-5-2/h18,20,52H,4-17,19,21-51H2,1-3H3/b20-18-. The zero-order valence-electron chi connectivity index (χ0n) is 41.2. The molecule has 0 heterocycles. The van der Waals surface area contributed by atoms with Crippen LogP contribution in [0.15, 0.2) is 12.2 Å². The van der Waals surface area contributed by atoms with Crippen molar-refractivity contribution in [3.63, 3.8) is 0 Å². The fourth-order valence-electron chi connectivity index (χ4n) is 8.14. The van der Waals surface area contributed by atoms with E-state index in [1.807, 2.05) is 0 Å². The second kappa shape index (κ2) is 50.8. The van der Waals surface area contributed by atoms with Gasteiger partial charge in [0.05, 0.1) is 0 Å². The molecule has 0 fully saturated rings. The lowest BCUT2D eigenvalue weighted by molar-refractivity contribution is -0.167. The Bertz CT molecular complexity index is 947. The van der Waals surface area contributed by atoms with Gasteiger partial charge in [0.1, 0.15) is 13.2 Å². The van der Waals surface area contributed by atoms with Gasteiger partial charge in [-0.3, -0.25) is 14.4 Å². The van der Waals surface area contributed by atoms with E-state index in [0.717, 1.165) is 70.6 Å². The summed E-state index contributed by atoms with van der Waals surface area (Å²) < 4.78 is 16.7. The first-order valence-corrected chi connectivity index (χ1v) is 27.2. The number of carbonyl (C=O) groups is 3. The molecule has 6 nitrogen and oxygen atoms in total. The maximum absolute atomic E-state index is 12.7. The zero-order valence-corrected chi connectivity index (χ0v) is 41.2. The van der Waals surface area contributed by atoms with E-state index in [1.54, 1.807) is 0 Å². The molecule has 0 aromatic heterocycles. The molecule has 0 aliphatic carbocycles. The summed E-state index contributed by atoms with van der Waals surface area (Å²) in [5, 5.41) is 0. The predicted octanol–water partition coefficient (Wildman–Crippen LogP) is 17.8. The molecule has 6 heteroatoms. The zero-order chi connectivity index (χ0) is 44.4. The molecule has 0 saturated carbocycles. The van der Waals surface area contributed by atoms with E-state index in [-0.39, 0.29) is 31.1 Å². The molecule has 0 spiro atoms. The van der Waals surface area contributed by atoms with Crippen LogP contribution in [-0.4, -0.2) is 37.2 Å². The van der Waals surface area contributed by atoms with Gasteiger partial charge in [-0.15, -0.1) is 0 Å². The highest BCUT2D eigenvalue weighted by atomic mass is 16.6. The van der Waals surface area contributed by atoms with Gasteiger partial charge in [-0.25, -0.2) is 0 Å². The summed E-state index contributed by atoms with van der Waals surface area (Å²) in [5.74, 6) is -0.878. The van der Waals surface area contributed by atoms with E-state index < -0.39 is 6.10 Å². The lowest BCUT2D eigenvalue weighted by Crippen LogP contribution is -2.30. The maximum Gasteiger partial charge on any atom is 0.306 e. The maximum atomic E-state index is 12.7. The summed E-state index contributed by atoms with van der Waals surface area (Å²) in [5.41, 5.74) is 0. The molecule has 0 bridgehead atoms. The average molecular weight is 861 g/mol. The highest BCUT2D eigenvalue weighted by molar-refractivity contribution is 5.71. The lowest BCUT2D eigenvalue weighted by Gasteiger charge is -2.18. The van der Waals surface area contributed by atoms with Gasteiger partial charge in [-0.2, -0.15) is 0 Å². The van der Waals surface area contributed by atoms with Gasteiger partial charge in [0, 0.05) is 19.3 Å². The topological polar surface area (TPSA) is 78.9 Å². The molecular weight excluding hydrogens is 757 g/mol. The molecule has 0 aromatic rings. The summed E-state index contributed by atoms with van der Waals surface area (Å²) in [4.78, 5) is 37.6. The number of esters is 3. The van der Waals surface area contributed by atoms with Crippen LogP contribution >= 0.6 is 0 Å². The molecule has 0 rings (SSSR count). The van der Waals surface area contributed by atoms with Gasteiger partial charge >= 0.3 is 17.9 Å². The Kier molecular flexibility index (Phi) is 49.3. The van der Waals surface area contributed by atoms with E-state index >= 15 is 0 Å². The van der Waals surface area contributed by atoms with Crippen LogP contribution in [0.3, 0.4) is 0 Å². The van der Waals surface area contributed by atoms with Gasteiger partial charge in [-0.1, -0.05) is 251 Å². The summed E-state index contributed by atoms with van der Waals surface area (Å²) >= 11 is 0. The molecule has 0 aliphatic rings. The van der Waals surface area contributed by atoms with E-state index in [9.17, 15) is 14.4 Å². The van der Waals surface area contributed by atoms with Crippen LogP contribution in [0.2, 0.25) is 0 Å². The van der Waals surface area contributed by atoms with E-state index in [4.69, 9.17) is 14.2 Å². The van der Waals surface area contributed by atoms with Crippen molar-refractivity contribution in [1.29, 1.82) is 0 Å². The van der Waals surface area contributed by atoms with Crippen molar-refractivity contribution in [3.8, 4) is 0 Å². The molecule has 0 amide bonds. The third kappa shape index (κ3) is 49.0. The Morgan fingerprint density at radius 3 is 0.836 bits per heavy atom. The Morgan fingerprint density at radius 1 is 0.311 bits per heavy atom. The molecule has 0 saturated heterocycles. The number of hydrogen-bond donors (Lipinski definition) is 0. The largest absolute Gasteiger partial charge is 0.462 e. The number of carbonyl (C=O) groups excluding carboxylic acids is 3. The van der Waals surface area contributed by atoms with Crippen LogP contribution in [0.25, 0.3) is 0 Å². The van der Waals surface area contributed by atoms with E-state index in [0.29, 0.717) is 19.3 Å². The van der Waals surface area contributed by atoms with Crippen molar-refractivity contribution < 1.29 is 28.6 Å². The second-order valence-corrected chi connectivity index (χ2v) is 18.5. The molecule has 1 unspecified atom stereocenters. The molecule has 0 N–H and O–H groups in total. The highest BCUT2D eigenvalue weighted by Crippen LogP contribution is 2.17. The Morgan fingerprint density at radius 2 is 0.541 bits per heavy atom. The van der Waals surface area contributed by atoms with Gasteiger partial charge in [0.2, 0.25) is 0 Å². The van der Waals surface area contributed by atoms with Crippen LogP contribution in [0.4, 0.5) is 0 Å². The quantitative estimate of drug-likeness (QED) is 0.0262. The molecular formula is C55H104O6. The number of allylic oxidation sites excluding steroid dienone is 2. The summed E-state index contributed by atoms with van der Waals surface area (Å²) in [6.07, 6.45) is 56.8. The van der Waals surface area contributed by atoms with Crippen LogP contribution < -0.4 is 0 Å². The fourth-order valence-corrected chi connectivity index (χ4v) is 8.14. The lowest BCUT2D eigenvalue weighted by atomic mass is 10.0. The Labute approximate surface area is 380 Å². The van der Waals surface area contributed by atoms with E-state index in [1.165, 1.54) is 193 Å². The summed E-state index contributed by atoms with van der Waals surface area (Å²) in [6, 6.07) is 0. The number of ether oxygens (including phenoxy) is 3. The third-order valence-corrected chi connectivity index (χ3v) is 12.3. The Balaban J connectivity index is 3.98. The number of rotatable bonds is 50. The van der Waals surface area contributed by atoms with Gasteiger partial charge in [0.15, 0.2) is 6.10 Å². The minimum atomic E-state index is -0.765. The van der Waals surface area contributed by atoms with Crippen LogP contribution in [0, 0.1) is 0 Å².